The van der Waals surface area contributed by atoms with Gasteiger partial charge in [0.05, 0.1) is 5.39 Å². The summed E-state index contributed by atoms with van der Waals surface area (Å²) in [6.07, 6.45) is 4.15. The van der Waals surface area contributed by atoms with Crippen LogP contribution in [0.25, 0.3) is 10.2 Å². The Balaban J connectivity index is 1.60. The van der Waals surface area contributed by atoms with Gasteiger partial charge < -0.3 is 4.74 Å². The summed E-state index contributed by atoms with van der Waals surface area (Å²) in [7, 11) is 0. The number of rotatable bonds is 4. The first-order valence-corrected chi connectivity index (χ1v) is 9.47. The lowest BCUT2D eigenvalue weighted by Gasteiger charge is -2.13. The molecule has 0 atom stereocenters. The van der Waals surface area contributed by atoms with Gasteiger partial charge in [-0.2, -0.15) is 0 Å². The zero-order chi connectivity index (χ0) is 18.1. The Kier molecular flexibility index (Phi) is 4.46. The van der Waals surface area contributed by atoms with Crippen molar-refractivity contribution in [3.8, 4) is 5.75 Å². The van der Waals surface area contributed by atoms with E-state index in [1.807, 2.05) is 18.2 Å². The molecule has 0 spiro atoms. The molecule has 1 amide bonds. The summed E-state index contributed by atoms with van der Waals surface area (Å²) in [5.41, 5.74) is 3.52. The monoisotopic (exact) mass is 369 g/mol. The van der Waals surface area contributed by atoms with Crippen LogP contribution in [0.5, 0.6) is 5.75 Å². The highest BCUT2D eigenvalue weighted by molar-refractivity contribution is 7.18. The largest absolute Gasteiger partial charge is 0.484 e. The van der Waals surface area contributed by atoms with Crippen LogP contribution in [0.2, 0.25) is 0 Å². The van der Waals surface area contributed by atoms with Crippen molar-refractivity contribution >= 4 is 27.5 Å². The van der Waals surface area contributed by atoms with Crippen molar-refractivity contribution in [3.05, 3.63) is 57.0 Å². The Bertz CT molecular complexity index is 1020. The van der Waals surface area contributed by atoms with Crippen LogP contribution in [0.4, 0.5) is 0 Å². The molecule has 0 saturated carbocycles. The molecule has 1 aliphatic carbocycles. The first-order chi connectivity index (χ1) is 12.6. The Labute approximate surface area is 154 Å². The van der Waals surface area contributed by atoms with Gasteiger partial charge in [-0.05, 0) is 50.3 Å². The van der Waals surface area contributed by atoms with E-state index < -0.39 is 5.91 Å². The zero-order valence-electron chi connectivity index (χ0n) is 14.4. The third kappa shape index (κ3) is 3.10. The smallest absolute Gasteiger partial charge is 0.281 e. The number of aryl methyl sites for hydroxylation is 3. The molecule has 0 fully saturated rings. The minimum Gasteiger partial charge on any atom is -0.484 e. The molecular weight excluding hydrogens is 350 g/mol. The molecule has 7 heteroatoms. The first-order valence-electron chi connectivity index (χ1n) is 8.65. The summed E-state index contributed by atoms with van der Waals surface area (Å²) in [6, 6.07) is 9.09. The molecule has 0 saturated heterocycles. The van der Waals surface area contributed by atoms with E-state index in [9.17, 15) is 9.59 Å². The average Bonchev–Trinajstić information content (AvgIpc) is 3.02. The van der Waals surface area contributed by atoms with Gasteiger partial charge in [-0.15, -0.1) is 11.3 Å². The van der Waals surface area contributed by atoms with Crippen LogP contribution in [0.3, 0.4) is 0 Å². The van der Waals surface area contributed by atoms with Crippen LogP contribution in [-0.4, -0.2) is 22.2 Å². The van der Waals surface area contributed by atoms with E-state index in [2.05, 4.69) is 10.4 Å². The minimum absolute atomic E-state index is 0.171. The lowest BCUT2D eigenvalue weighted by atomic mass is 9.97. The summed E-state index contributed by atoms with van der Waals surface area (Å²) in [6.45, 7) is 1.55. The molecule has 0 aliphatic heterocycles. The molecule has 2 aromatic heterocycles. The molecule has 6 nitrogen and oxygen atoms in total. The second kappa shape index (κ2) is 6.92. The highest BCUT2D eigenvalue weighted by Gasteiger charge is 2.21. The number of nitrogens with one attached hydrogen (secondary N) is 1. The summed E-state index contributed by atoms with van der Waals surface area (Å²) >= 11 is 1.60. The molecule has 26 heavy (non-hydrogen) atoms. The number of ether oxygens (including phenoxy) is 1. The molecule has 2 heterocycles. The number of hydrogen-bond donors (Lipinski definition) is 1. The standard InChI is InChI=1S/C19H19N3O3S/c1-12-20-18-17(14-9-5-6-10-15(14)26-18)19(24)22(12)21-16(23)11-25-13-7-3-2-4-8-13/h2-4,7-8H,5-6,9-11H2,1H3,(H,21,23). The van der Waals surface area contributed by atoms with Gasteiger partial charge in [-0.1, -0.05) is 18.2 Å². The van der Waals surface area contributed by atoms with Crippen LogP contribution in [0.15, 0.2) is 35.1 Å². The molecule has 3 aromatic rings. The van der Waals surface area contributed by atoms with E-state index in [0.717, 1.165) is 36.1 Å². The third-order valence-electron chi connectivity index (χ3n) is 4.51. The predicted molar refractivity (Wildman–Crippen MR) is 102 cm³/mol. The molecule has 1 N–H and O–H groups in total. The first kappa shape index (κ1) is 16.8. The number of carbonyl (C=O) groups excluding carboxylic acids is 1. The van der Waals surface area contributed by atoms with E-state index in [1.165, 1.54) is 9.55 Å². The van der Waals surface area contributed by atoms with Crippen molar-refractivity contribution < 1.29 is 9.53 Å². The molecule has 134 valence electrons. The van der Waals surface area contributed by atoms with Crippen molar-refractivity contribution in [1.29, 1.82) is 0 Å². The Hall–Kier alpha value is -2.67. The Morgan fingerprint density at radius 3 is 2.85 bits per heavy atom. The third-order valence-corrected chi connectivity index (χ3v) is 5.69. The van der Waals surface area contributed by atoms with Crippen molar-refractivity contribution in [2.24, 2.45) is 0 Å². The van der Waals surface area contributed by atoms with Crippen LogP contribution in [-0.2, 0) is 17.6 Å². The normalized spacial score (nSPS) is 13.4. The molecule has 1 aromatic carbocycles. The van der Waals surface area contributed by atoms with Gasteiger partial charge in [0.25, 0.3) is 11.5 Å². The number of hydrogen-bond acceptors (Lipinski definition) is 5. The maximum Gasteiger partial charge on any atom is 0.281 e. The van der Waals surface area contributed by atoms with Gasteiger partial charge in [0.2, 0.25) is 0 Å². The van der Waals surface area contributed by atoms with Gasteiger partial charge in [-0.25, -0.2) is 9.66 Å². The summed E-state index contributed by atoms with van der Waals surface area (Å²) in [5, 5.41) is 0.652. The molecule has 4 rings (SSSR count). The number of nitrogens with zero attached hydrogens (tertiary/aromatic N) is 2. The average molecular weight is 369 g/mol. The second-order valence-electron chi connectivity index (χ2n) is 6.33. The van der Waals surface area contributed by atoms with Crippen LogP contribution in [0.1, 0.15) is 29.1 Å². The van der Waals surface area contributed by atoms with Crippen molar-refractivity contribution in [1.82, 2.24) is 9.66 Å². The molecule has 0 bridgehead atoms. The molecule has 1 aliphatic rings. The van der Waals surface area contributed by atoms with E-state index in [-0.39, 0.29) is 12.2 Å². The summed E-state index contributed by atoms with van der Waals surface area (Å²) in [4.78, 5) is 31.8. The Morgan fingerprint density at radius 2 is 2.04 bits per heavy atom. The SMILES string of the molecule is Cc1nc2sc3c(c2c(=O)n1NC(=O)COc1ccccc1)CCCC3. The highest BCUT2D eigenvalue weighted by atomic mass is 32.1. The molecule has 0 unspecified atom stereocenters. The van der Waals surface area contributed by atoms with Gasteiger partial charge >= 0.3 is 0 Å². The number of para-hydroxylation sites is 1. The number of amides is 1. The predicted octanol–water partition coefficient (Wildman–Crippen LogP) is 2.79. The number of thiophene rings is 1. The number of carbonyl (C=O) groups is 1. The summed E-state index contributed by atoms with van der Waals surface area (Å²) in [5.74, 6) is 0.672. The van der Waals surface area contributed by atoms with Crippen LogP contribution >= 0.6 is 11.3 Å². The van der Waals surface area contributed by atoms with Gasteiger partial charge in [0.15, 0.2) is 6.61 Å². The van der Waals surface area contributed by atoms with Crippen molar-refractivity contribution in [2.75, 3.05) is 12.0 Å². The zero-order valence-corrected chi connectivity index (χ0v) is 15.3. The van der Waals surface area contributed by atoms with Gasteiger partial charge in [0, 0.05) is 4.88 Å². The fourth-order valence-corrected chi connectivity index (χ4v) is 4.56. The van der Waals surface area contributed by atoms with E-state index in [4.69, 9.17) is 4.74 Å². The topological polar surface area (TPSA) is 73.2 Å². The minimum atomic E-state index is -0.399. The number of fused-ring (bicyclic) bond motifs is 3. The highest BCUT2D eigenvalue weighted by Crippen LogP contribution is 2.33. The molecular formula is C19H19N3O3S. The van der Waals surface area contributed by atoms with Crippen molar-refractivity contribution in [3.63, 3.8) is 0 Å². The Morgan fingerprint density at radius 1 is 1.27 bits per heavy atom. The van der Waals surface area contributed by atoms with Crippen LogP contribution < -0.4 is 15.7 Å². The van der Waals surface area contributed by atoms with E-state index >= 15 is 0 Å². The second-order valence-corrected chi connectivity index (χ2v) is 7.41. The number of benzene rings is 1. The lowest BCUT2D eigenvalue weighted by Crippen LogP contribution is -2.37. The molecule has 0 radical (unpaired) electrons. The summed E-state index contributed by atoms with van der Waals surface area (Å²) < 4.78 is 6.67. The maximum absolute atomic E-state index is 13.0. The van der Waals surface area contributed by atoms with E-state index in [1.54, 1.807) is 30.4 Å². The van der Waals surface area contributed by atoms with Crippen LogP contribution in [0, 0.1) is 6.92 Å². The van der Waals surface area contributed by atoms with Gasteiger partial charge in [0.1, 0.15) is 16.4 Å². The number of aromatic nitrogens is 2. The fourth-order valence-electron chi connectivity index (χ4n) is 3.26. The lowest BCUT2D eigenvalue weighted by molar-refractivity contribution is -0.119. The van der Waals surface area contributed by atoms with E-state index in [0.29, 0.717) is 17.0 Å². The fraction of sp³-hybridized carbons (Fsp3) is 0.316. The quantitative estimate of drug-likeness (QED) is 0.767. The maximum atomic E-state index is 13.0. The van der Waals surface area contributed by atoms with Crippen molar-refractivity contribution in [2.45, 2.75) is 32.6 Å². The van der Waals surface area contributed by atoms with Gasteiger partial charge in [-0.3, -0.25) is 15.0 Å².